The van der Waals surface area contributed by atoms with Gasteiger partial charge in [-0.15, -0.1) is 12.4 Å². The first kappa shape index (κ1) is 14.5. The molecule has 0 saturated carbocycles. The lowest BCUT2D eigenvalue weighted by Gasteiger charge is -2.09. The zero-order chi connectivity index (χ0) is 12.4. The number of H-pyrrole nitrogens is 1. The van der Waals surface area contributed by atoms with Gasteiger partial charge in [-0.1, -0.05) is 6.07 Å². The van der Waals surface area contributed by atoms with E-state index in [1.54, 1.807) is 7.11 Å². The topological polar surface area (TPSA) is 68.1 Å². The van der Waals surface area contributed by atoms with E-state index >= 15 is 0 Å². The Labute approximate surface area is 112 Å². The molecule has 1 aromatic heterocycles. The van der Waals surface area contributed by atoms with E-state index in [1.807, 2.05) is 25.1 Å². The zero-order valence-corrected chi connectivity index (χ0v) is 11.3. The molecule has 4 nitrogen and oxygen atoms in total. The van der Waals surface area contributed by atoms with Gasteiger partial charge in [-0.05, 0) is 37.6 Å². The number of ether oxygens (including phenoxy) is 1. The Morgan fingerprint density at radius 2 is 2.11 bits per heavy atom. The molecule has 1 aromatic carbocycles. The molecule has 0 aliphatic heterocycles. The highest BCUT2D eigenvalue weighted by molar-refractivity contribution is 5.87. The maximum absolute atomic E-state index is 11.8. The van der Waals surface area contributed by atoms with Crippen LogP contribution < -0.4 is 16.0 Å². The molecule has 0 fully saturated rings. The molecule has 0 unspecified atom stereocenters. The van der Waals surface area contributed by atoms with Crippen molar-refractivity contribution in [3.8, 4) is 5.75 Å². The van der Waals surface area contributed by atoms with E-state index in [9.17, 15) is 4.79 Å². The van der Waals surface area contributed by atoms with Gasteiger partial charge in [0.05, 0.1) is 12.6 Å². The molecule has 0 aliphatic rings. The summed E-state index contributed by atoms with van der Waals surface area (Å²) in [6.45, 7) is 2.48. The Hall–Kier alpha value is -1.52. The summed E-state index contributed by atoms with van der Waals surface area (Å²) in [5, 5.41) is 1.01. The summed E-state index contributed by atoms with van der Waals surface area (Å²) < 4.78 is 5.24. The lowest BCUT2D eigenvalue weighted by Crippen LogP contribution is -2.16. The van der Waals surface area contributed by atoms with Gasteiger partial charge in [0.25, 0.3) is 5.56 Å². The van der Waals surface area contributed by atoms with Crippen LogP contribution in [-0.4, -0.2) is 18.6 Å². The number of hydrogen-bond acceptors (Lipinski definition) is 3. The minimum Gasteiger partial charge on any atom is -0.495 e. The molecule has 1 heterocycles. The lowest BCUT2D eigenvalue weighted by molar-refractivity contribution is 0.418. The van der Waals surface area contributed by atoms with Crippen molar-refractivity contribution < 1.29 is 4.74 Å². The number of hydrogen-bond donors (Lipinski definition) is 2. The average Bonchev–Trinajstić information content (AvgIpc) is 2.32. The summed E-state index contributed by atoms with van der Waals surface area (Å²) in [5.74, 6) is 0.682. The van der Waals surface area contributed by atoms with E-state index in [4.69, 9.17) is 10.5 Å². The van der Waals surface area contributed by atoms with Crippen LogP contribution in [0.1, 0.15) is 11.1 Å². The van der Waals surface area contributed by atoms with Crippen LogP contribution in [0.5, 0.6) is 5.75 Å². The Bertz CT molecular complexity index is 608. The highest BCUT2D eigenvalue weighted by atomic mass is 35.5. The highest BCUT2D eigenvalue weighted by Gasteiger charge is 2.08. The largest absolute Gasteiger partial charge is 0.495 e. The van der Waals surface area contributed by atoms with Gasteiger partial charge in [-0.3, -0.25) is 4.79 Å². The predicted octanol–water partition coefficient (Wildman–Crippen LogP) is 1.77. The van der Waals surface area contributed by atoms with Crippen molar-refractivity contribution in [1.82, 2.24) is 4.98 Å². The van der Waals surface area contributed by atoms with Crippen molar-refractivity contribution in [3.05, 3.63) is 39.7 Å². The van der Waals surface area contributed by atoms with Gasteiger partial charge in [0.2, 0.25) is 0 Å². The number of rotatable bonds is 3. The van der Waals surface area contributed by atoms with Gasteiger partial charge in [0.15, 0.2) is 0 Å². The molecule has 18 heavy (non-hydrogen) atoms. The van der Waals surface area contributed by atoms with Crippen LogP contribution in [0.15, 0.2) is 23.0 Å². The summed E-state index contributed by atoms with van der Waals surface area (Å²) in [6.07, 6.45) is 0.585. The first-order chi connectivity index (χ1) is 8.17. The second kappa shape index (κ2) is 5.89. The van der Waals surface area contributed by atoms with Gasteiger partial charge in [0, 0.05) is 10.9 Å². The van der Waals surface area contributed by atoms with Crippen molar-refractivity contribution in [2.75, 3.05) is 13.7 Å². The number of nitrogens with one attached hydrogen (secondary N) is 1. The molecule has 98 valence electrons. The SMILES string of the molecule is COc1ccc(C)c2cc(CCN)c(=O)[nH]c12.Cl. The molecule has 0 aliphatic carbocycles. The number of aromatic nitrogens is 1. The molecule has 2 aromatic rings. The van der Waals surface area contributed by atoms with Crippen LogP contribution in [0.2, 0.25) is 0 Å². The number of nitrogens with two attached hydrogens (primary N) is 1. The second-order valence-corrected chi connectivity index (χ2v) is 4.04. The summed E-state index contributed by atoms with van der Waals surface area (Å²) in [5.41, 5.74) is 7.97. The summed E-state index contributed by atoms with van der Waals surface area (Å²) in [6, 6.07) is 5.74. The number of fused-ring (bicyclic) bond motifs is 1. The lowest BCUT2D eigenvalue weighted by atomic mass is 10.1. The maximum atomic E-state index is 11.8. The molecule has 0 amide bonds. The molecule has 5 heteroatoms. The van der Waals surface area contributed by atoms with Crippen LogP contribution in [0.4, 0.5) is 0 Å². The molecule has 0 bridgehead atoms. The number of benzene rings is 1. The fourth-order valence-corrected chi connectivity index (χ4v) is 1.96. The minimum atomic E-state index is -0.0909. The Kier molecular flexibility index (Phi) is 4.76. The van der Waals surface area contributed by atoms with Crippen molar-refractivity contribution in [2.24, 2.45) is 5.73 Å². The predicted molar refractivity (Wildman–Crippen MR) is 75.9 cm³/mol. The smallest absolute Gasteiger partial charge is 0.251 e. The van der Waals surface area contributed by atoms with Crippen molar-refractivity contribution in [1.29, 1.82) is 0 Å². The first-order valence-corrected chi connectivity index (χ1v) is 5.57. The average molecular weight is 269 g/mol. The first-order valence-electron chi connectivity index (χ1n) is 5.57. The van der Waals surface area contributed by atoms with Crippen LogP contribution in [0.3, 0.4) is 0 Å². The second-order valence-electron chi connectivity index (χ2n) is 4.04. The quantitative estimate of drug-likeness (QED) is 0.891. The van der Waals surface area contributed by atoms with E-state index < -0.39 is 0 Å². The van der Waals surface area contributed by atoms with Gasteiger partial charge in [0.1, 0.15) is 5.75 Å². The molecular formula is C13H17ClN2O2. The Morgan fingerprint density at radius 1 is 1.39 bits per heavy atom. The minimum absolute atomic E-state index is 0. The van der Waals surface area contributed by atoms with Crippen molar-refractivity contribution in [2.45, 2.75) is 13.3 Å². The third-order valence-electron chi connectivity index (χ3n) is 2.91. The van der Waals surface area contributed by atoms with E-state index in [-0.39, 0.29) is 18.0 Å². The Morgan fingerprint density at radius 3 is 2.72 bits per heavy atom. The molecular weight excluding hydrogens is 252 g/mol. The third-order valence-corrected chi connectivity index (χ3v) is 2.91. The standard InChI is InChI=1S/C13H16N2O2.ClH/c1-8-3-4-11(17-2)12-10(8)7-9(5-6-14)13(16)15-12;/h3-4,7H,5-6,14H2,1-2H3,(H,15,16);1H. The zero-order valence-electron chi connectivity index (χ0n) is 10.4. The van der Waals surface area contributed by atoms with Crippen LogP contribution in [0, 0.1) is 6.92 Å². The molecule has 0 radical (unpaired) electrons. The van der Waals surface area contributed by atoms with Gasteiger partial charge >= 0.3 is 0 Å². The number of pyridine rings is 1. The van der Waals surface area contributed by atoms with Crippen molar-refractivity contribution >= 4 is 23.3 Å². The van der Waals surface area contributed by atoms with Gasteiger partial charge in [-0.2, -0.15) is 0 Å². The number of methoxy groups -OCH3 is 1. The molecule has 0 spiro atoms. The van der Waals surface area contributed by atoms with Crippen LogP contribution in [0.25, 0.3) is 10.9 Å². The normalized spacial score (nSPS) is 10.2. The van der Waals surface area contributed by atoms with Crippen LogP contribution >= 0.6 is 12.4 Å². The van der Waals surface area contributed by atoms with Gasteiger partial charge < -0.3 is 15.5 Å². The molecule has 0 saturated heterocycles. The number of aromatic amines is 1. The van der Waals surface area contributed by atoms with E-state index in [0.29, 0.717) is 18.7 Å². The van der Waals surface area contributed by atoms with Crippen molar-refractivity contribution in [3.63, 3.8) is 0 Å². The number of aryl methyl sites for hydroxylation is 1. The van der Waals surface area contributed by atoms with Gasteiger partial charge in [-0.25, -0.2) is 0 Å². The maximum Gasteiger partial charge on any atom is 0.251 e. The van der Waals surface area contributed by atoms with E-state index in [2.05, 4.69) is 4.98 Å². The molecule has 0 atom stereocenters. The Balaban J connectivity index is 0.00000162. The third kappa shape index (κ3) is 2.49. The number of halogens is 1. The molecule has 3 N–H and O–H groups in total. The fourth-order valence-electron chi connectivity index (χ4n) is 1.96. The van der Waals surface area contributed by atoms with E-state index in [0.717, 1.165) is 22.0 Å². The summed E-state index contributed by atoms with van der Waals surface area (Å²) in [7, 11) is 1.59. The monoisotopic (exact) mass is 268 g/mol. The highest BCUT2D eigenvalue weighted by Crippen LogP contribution is 2.25. The molecule has 2 rings (SSSR count). The van der Waals surface area contributed by atoms with Crippen LogP contribution in [-0.2, 0) is 6.42 Å². The summed E-state index contributed by atoms with van der Waals surface area (Å²) in [4.78, 5) is 14.7. The summed E-state index contributed by atoms with van der Waals surface area (Å²) >= 11 is 0. The van der Waals surface area contributed by atoms with E-state index in [1.165, 1.54) is 0 Å². The fraction of sp³-hybridized carbons (Fsp3) is 0.308.